The summed E-state index contributed by atoms with van der Waals surface area (Å²) in [6.07, 6.45) is 5.51. The van der Waals surface area contributed by atoms with Crippen LogP contribution >= 0.6 is 11.3 Å². The molecular formula is C13H21N3S. The molecule has 1 N–H and O–H groups in total. The Kier molecular flexibility index (Phi) is 3.45. The minimum Gasteiger partial charge on any atom is -0.309 e. The van der Waals surface area contributed by atoms with Crippen LogP contribution in [0.2, 0.25) is 0 Å². The molecule has 1 aromatic heterocycles. The molecule has 3 rings (SSSR count). The van der Waals surface area contributed by atoms with Gasteiger partial charge in [-0.3, -0.25) is 0 Å². The van der Waals surface area contributed by atoms with Gasteiger partial charge in [0.1, 0.15) is 0 Å². The highest BCUT2D eigenvalue weighted by molar-refractivity contribution is 7.09. The van der Waals surface area contributed by atoms with E-state index in [4.69, 9.17) is 0 Å². The first-order chi connectivity index (χ1) is 8.33. The van der Waals surface area contributed by atoms with Crippen molar-refractivity contribution in [3.05, 3.63) is 16.1 Å². The molecule has 2 aliphatic rings. The van der Waals surface area contributed by atoms with Crippen LogP contribution in [0.25, 0.3) is 0 Å². The number of rotatable bonds is 4. The Morgan fingerprint density at radius 2 is 2.12 bits per heavy atom. The second-order valence-electron chi connectivity index (χ2n) is 5.28. The van der Waals surface area contributed by atoms with Crippen LogP contribution in [0.15, 0.2) is 5.51 Å². The number of hydrogen-bond donors (Lipinski definition) is 1. The summed E-state index contributed by atoms with van der Waals surface area (Å²) in [7, 11) is 0. The van der Waals surface area contributed by atoms with Gasteiger partial charge in [-0.2, -0.15) is 0 Å². The van der Waals surface area contributed by atoms with Gasteiger partial charge in [0.25, 0.3) is 0 Å². The first kappa shape index (κ1) is 11.6. The lowest BCUT2D eigenvalue weighted by Crippen LogP contribution is -2.43. The van der Waals surface area contributed by atoms with E-state index in [-0.39, 0.29) is 0 Å². The highest BCUT2D eigenvalue weighted by Crippen LogP contribution is 2.29. The quantitative estimate of drug-likeness (QED) is 0.889. The second-order valence-corrected chi connectivity index (χ2v) is 6.22. The predicted molar refractivity (Wildman–Crippen MR) is 71.3 cm³/mol. The summed E-state index contributed by atoms with van der Waals surface area (Å²) in [6, 6.07) is 1.66. The van der Waals surface area contributed by atoms with Crippen LogP contribution in [0.1, 0.15) is 36.3 Å². The van der Waals surface area contributed by atoms with Gasteiger partial charge in [0, 0.05) is 23.5 Å². The van der Waals surface area contributed by atoms with Crippen molar-refractivity contribution in [3.63, 3.8) is 0 Å². The standard InChI is InChI=1S/C13H21N3S/c1-10-13(17-9-15-10)8-14-11-4-6-16(7-5-11)12-2-3-12/h9,11-12,14H,2-8H2,1H3. The molecule has 1 aliphatic carbocycles. The predicted octanol–water partition coefficient (Wildman–Crippen LogP) is 2.17. The van der Waals surface area contributed by atoms with Gasteiger partial charge in [0.15, 0.2) is 0 Å². The van der Waals surface area contributed by atoms with Crippen LogP contribution in [-0.4, -0.2) is 35.1 Å². The SMILES string of the molecule is Cc1ncsc1CNC1CCN(C2CC2)CC1. The summed E-state index contributed by atoms with van der Waals surface area (Å²) in [6.45, 7) is 5.70. The van der Waals surface area contributed by atoms with Gasteiger partial charge in [-0.1, -0.05) is 0 Å². The lowest BCUT2D eigenvalue weighted by molar-refractivity contribution is 0.189. The van der Waals surface area contributed by atoms with Gasteiger partial charge in [-0.05, 0) is 45.7 Å². The highest BCUT2D eigenvalue weighted by atomic mass is 32.1. The molecule has 3 nitrogen and oxygen atoms in total. The van der Waals surface area contributed by atoms with E-state index in [0.29, 0.717) is 6.04 Å². The largest absolute Gasteiger partial charge is 0.309 e. The fourth-order valence-electron chi connectivity index (χ4n) is 2.64. The number of thiazole rings is 1. The Morgan fingerprint density at radius 1 is 1.35 bits per heavy atom. The number of aromatic nitrogens is 1. The van der Waals surface area contributed by atoms with Crippen molar-refractivity contribution in [2.75, 3.05) is 13.1 Å². The first-order valence-corrected chi connectivity index (χ1v) is 7.57. The van der Waals surface area contributed by atoms with Crippen molar-refractivity contribution < 1.29 is 0 Å². The first-order valence-electron chi connectivity index (χ1n) is 6.69. The van der Waals surface area contributed by atoms with Crippen molar-refractivity contribution in [3.8, 4) is 0 Å². The van der Waals surface area contributed by atoms with Crippen molar-refractivity contribution in [1.82, 2.24) is 15.2 Å². The number of likely N-dealkylation sites (tertiary alicyclic amines) is 1. The van der Waals surface area contributed by atoms with Crippen molar-refractivity contribution in [2.24, 2.45) is 0 Å². The molecule has 0 atom stereocenters. The number of aryl methyl sites for hydroxylation is 1. The maximum Gasteiger partial charge on any atom is 0.0798 e. The van der Waals surface area contributed by atoms with Gasteiger partial charge in [0.05, 0.1) is 11.2 Å². The summed E-state index contributed by atoms with van der Waals surface area (Å²) >= 11 is 1.77. The molecule has 0 amide bonds. The average Bonchev–Trinajstić information content (AvgIpc) is 3.12. The van der Waals surface area contributed by atoms with E-state index in [1.54, 1.807) is 11.3 Å². The Labute approximate surface area is 107 Å². The minimum absolute atomic E-state index is 0.714. The zero-order valence-corrected chi connectivity index (χ0v) is 11.3. The molecule has 2 heterocycles. The van der Waals surface area contributed by atoms with Gasteiger partial charge in [0.2, 0.25) is 0 Å². The molecule has 1 aromatic rings. The van der Waals surface area contributed by atoms with Crippen LogP contribution < -0.4 is 5.32 Å². The zero-order chi connectivity index (χ0) is 11.7. The van der Waals surface area contributed by atoms with E-state index in [2.05, 4.69) is 22.1 Å². The van der Waals surface area contributed by atoms with Gasteiger partial charge in [-0.15, -0.1) is 11.3 Å². The lowest BCUT2D eigenvalue weighted by atomic mass is 10.0. The fourth-order valence-corrected chi connectivity index (χ4v) is 3.37. The molecule has 0 spiro atoms. The van der Waals surface area contributed by atoms with Crippen LogP contribution in [-0.2, 0) is 6.54 Å². The van der Waals surface area contributed by atoms with Crippen molar-refractivity contribution >= 4 is 11.3 Å². The molecule has 0 aromatic carbocycles. The van der Waals surface area contributed by atoms with Gasteiger partial charge < -0.3 is 10.2 Å². The molecule has 0 unspecified atom stereocenters. The Hall–Kier alpha value is -0.450. The van der Waals surface area contributed by atoms with Crippen LogP contribution in [0.4, 0.5) is 0 Å². The maximum absolute atomic E-state index is 4.29. The van der Waals surface area contributed by atoms with Crippen molar-refractivity contribution in [1.29, 1.82) is 0 Å². The molecule has 4 heteroatoms. The van der Waals surface area contributed by atoms with Gasteiger partial charge >= 0.3 is 0 Å². The smallest absolute Gasteiger partial charge is 0.0798 e. The van der Waals surface area contributed by atoms with E-state index in [0.717, 1.165) is 12.6 Å². The number of piperidine rings is 1. The highest BCUT2D eigenvalue weighted by Gasteiger charge is 2.31. The molecule has 2 fully saturated rings. The molecule has 17 heavy (non-hydrogen) atoms. The monoisotopic (exact) mass is 251 g/mol. The third-order valence-electron chi connectivity index (χ3n) is 3.99. The number of nitrogens with zero attached hydrogens (tertiary/aromatic N) is 2. The normalized spacial score (nSPS) is 23.1. The average molecular weight is 251 g/mol. The number of hydrogen-bond acceptors (Lipinski definition) is 4. The van der Waals surface area contributed by atoms with Crippen molar-refractivity contribution in [2.45, 2.75) is 51.2 Å². The molecule has 1 saturated heterocycles. The summed E-state index contributed by atoms with van der Waals surface area (Å²) in [5.41, 5.74) is 3.14. The maximum atomic E-state index is 4.29. The third kappa shape index (κ3) is 2.87. The Balaban J connectivity index is 1.43. The summed E-state index contributed by atoms with van der Waals surface area (Å²) < 4.78 is 0. The Bertz CT molecular complexity index is 364. The minimum atomic E-state index is 0.714. The van der Waals surface area contributed by atoms with Crippen LogP contribution in [0.3, 0.4) is 0 Å². The Morgan fingerprint density at radius 3 is 2.71 bits per heavy atom. The van der Waals surface area contributed by atoms with E-state index < -0.39 is 0 Å². The lowest BCUT2D eigenvalue weighted by Gasteiger charge is -2.32. The molecular weight excluding hydrogens is 230 g/mol. The summed E-state index contributed by atoms with van der Waals surface area (Å²) in [5.74, 6) is 0. The molecule has 0 bridgehead atoms. The summed E-state index contributed by atoms with van der Waals surface area (Å²) in [4.78, 5) is 8.37. The van der Waals surface area contributed by atoms with E-state index >= 15 is 0 Å². The van der Waals surface area contributed by atoms with Gasteiger partial charge in [-0.25, -0.2) is 4.98 Å². The second kappa shape index (κ2) is 5.04. The van der Waals surface area contributed by atoms with E-state index in [1.807, 2.05) is 5.51 Å². The number of nitrogens with one attached hydrogen (secondary N) is 1. The van der Waals surface area contributed by atoms with Crippen LogP contribution in [0, 0.1) is 6.92 Å². The molecule has 0 radical (unpaired) electrons. The molecule has 1 aliphatic heterocycles. The fraction of sp³-hybridized carbons (Fsp3) is 0.769. The zero-order valence-electron chi connectivity index (χ0n) is 10.5. The molecule has 1 saturated carbocycles. The summed E-state index contributed by atoms with van der Waals surface area (Å²) in [5, 5.41) is 3.69. The third-order valence-corrected chi connectivity index (χ3v) is 4.92. The van der Waals surface area contributed by atoms with E-state index in [1.165, 1.54) is 49.3 Å². The topological polar surface area (TPSA) is 28.2 Å². The van der Waals surface area contributed by atoms with Crippen LogP contribution in [0.5, 0.6) is 0 Å². The van der Waals surface area contributed by atoms with E-state index in [9.17, 15) is 0 Å². The molecule has 94 valence electrons.